The molecule has 2 aliphatic rings. The third-order valence-corrected chi connectivity index (χ3v) is 3.32. The maximum atomic E-state index is 11.4. The van der Waals surface area contributed by atoms with Crippen LogP contribution in [-0.2, 0) is 16.0 Å². The molecule has 5 heteroatoms. The van der Waals surface area contributed by atoms with E-state index in [9.17, 15) is 4.79 Å². The molecule has 1 fully saturated rings. The van der Waals surface area contributed by atoms with Crippen molar-refractivity contribution in [2.45, 2.75) is 12.5 Å². The van der Waals surface area contributed by atoms with Crippen molar-refractivity contribution in [3.8, 4) is 0 Å². The second kappa shape index (κ2) is 4.29. The SMILES string of the molecule is O=C1Cc2cc(Cl)cc(C3CNCCO3)c2N1. The molecule has 17 heavy (non-hydrogen) atoms. The molecule has 1 amide bonds. The molecule has 0 bridgehead atoms. The zero-order valence-electron chi connectivity index (χ0n) is 9.25. The van der Waals surface area contributed by atoms with Gasteiger partial charge in [-0.3, -0.25) is 4.79 Å². The van der Waals surface area contributed by atoms with Crippen LogP contribution in [0.4, 0.5) is 5.69 Å². The molecule has 1 unspecified atom stereocenters. The molecule has 0 saturated carbocycles. The lowest BCUT2D eigenvalue weighted by molar-refractivity contribution is -0.115. The normalized spacial score (nSPS) is 23.4. The molecule has 0 radical (unpaired) electrons. The first-order chi connectivity index (χ1) is 8.24. The van der Waals surface area contributed by atoms with E-state index in [-0.39, 0.29) is 12.0 Å². The van der Waals surface area contributed by atoms with Crippen LogP contribution in [0.5, 0.6) is 0 Å². The second-order valence-corrected chi connectivity index (χ2v) is 4.75. The maximum absolute atomic E-state index is 11.4. The van der Waals surface area contributed by atoms with Crippen LogP contribution in [0.2, 0.25) is 5.02 Å². The van der Waals surface area contributed by atoms with Gasteiger partial charge < -0.3 is 15.4 Å². The van der Waals surface area contributed by atoms with E-state index in [1.54, 1.807) is 0 Å². The Hall–Kier alpha value is -1.10. The van der Waals surface area contributed by atoms with Gasteiger partial charge in [0.05, 0.1) is 24.8 Å². The summed E-state index contributed by atoms with van der Waals surface area (Å²) >= 11 is 6.08. The highest BCUT2D eigenvalue weighted by molar-refractivity contribution is 6.31. The number of carbonyl (C=O) groups is 1. The van der Waals surface area contributed by atoms with Gasteiger partial charge >= 0.3 is 0 Å². The number of fused-ring (bicyclic) bond motifs is 1. The smallest absolute Gasteiger partial charge is 0.228 e. The van der Waals surface area contributed by atoms with Crippen LogP contribution in [0.3, 0.4) is 0 Å². The summed E-state index contributed by atoms with van der Waals surface area (Å²) in [7, 11) is 0. The summed E-state index contributed by atoms with van der Waals surface area (Å²) in [4.78, 5) is 11.4. The quantitative estimate of drug-likeness (QED) is 0.796. The number of nitrogens with one attached hydrogen (secondary N) is 2. The Kier molecular flexibility index (Phi) is 2.78. The Morgan fingerprint density at radius 1 is 1.41 bits per heavy atom. The van der Waals surface area contributed by atoms with Crippen molar-refractivity contribution in [2.24, 2.45) is 0 Å². The number of halogens is 1. The molecule has 0 spiro atoms. The zero-order valence-corrected chi connectivity index (χ0v) is 10.0. The van der Waals surface area contributed by atoms with Crippen molar-refractivity contribution in [3.05, 3.63) is 28.3 Å². The van der Waals surface area contributed by atoms with E-state index < -0.39 is 0 Å². The molecule has 0 aromatic heterocycles. The van der Waals surface area contributed by atoms with Gasteiger partial charge in [-0.05, 0) is 17.7 Å². The number of morpholine rings is 1. The number of carbonyl (C=O) groups excluding carboxylic acids is 1. The number of hydrogen-bond donors (Lipinski definition) is 2. The second-order valence-electron chi connectivity index (χ2n) is 4.32. The maximum Gasteiger partial charge on any atom is 0.228 e. The van der Waals surface area contributed by atoms with E-state index in [2.05, 4.69) is 10.6 Å². The summed E-state index contributed by atoms with van der Waals surface area (Å²) < 4.78 is 5.71. The summed E-state index contributed by atoms with van der Waals surface area (Å²) in [6, 6.07) is 3.72. The number of rotatable bonds is 1. The predicted octanol–water partition coefficient (Wildman–Crippen LogP) is 1.50. The van der Waals surface area contributed by atoms with Crippen molar-refractivity contribution in [2.75, 3.05) is 25.0 Å². The van der Waals surface area contributed by atoms with Crippen molar-refractivity contribution >= 4 is 23.2 Å². The van der Waals surface area contributed by atoms with Gasteiger partial charge in [-0.25, -0.2) is 0 Å². The summed E-state index contributed by atoms with van der Waals surface area (Å²) in [5, 5.41) is 6.82. The predicted molar refractivity (Wildman–Crippen MR) is 65.3 cm³/mol. The van der Waals surface area contributed by atoms with Crippen LogP contribution in [0.15, 0.2) is 12.1 Å². The fourth-order valence-corrected chi connectivity index (χ4v) is 2.60. The van der Waals surface area contributed by atoms with Crippen molar-refractivity contribution in [3.63, 3.8) is 0 Å². The molecule has 2 aliphatic heterocycles. The van der Waals surface area contributed by atoms with E-state index in [1.165, 1.54) is 0 Å². The highest BCUT2D eigenvalue weighted by Gasteiger charge is 2.26. The number of anilines is 1. The van der Waals surface area contributed by atoms with E-state index >= 15 is 0 Å². The third kappa shape index (κ3) is 2.04. The fraction of sp³-hybridized carbons (Fsp3) is 0.417. The molecule has 90 valence electrons. The average Bonchev–Trinajstić information content (AvgIpc) is 2.69. The van der Waals surface area contributed by atoms with Gasteiger partial charge in [-0.15, -0.1) is 0 Å². The molecule has 2 heterocycles. The molecule has 2 N–H and O–H groups in total. The minimum Gasteiger partial charge on any atom is -0.371 e. The molecular weight excluding hydrogens is 240 g/mol. The van der Waals surface area contributed by atoms with E-state index in [0.29, 0.717) is 18.1 Å². The number of benzene rings is 1. The third-order valence-electron chi connectivity index (χ3n) is 3.11. The summed E-state index contributed by atoms with van der Waals surface area (Å²) in [5.41, 5.74) is 2.82. The first-order valence-electron chi connectivity index (χ1n) is 5.68. The first kappa shape index (κ1) is 11.0. The van der Waals surface area contributed by atoms with Crippen LogP contribution < -0.4 is 10.6 Å². The van der Waals surface area contributed by atoms with Crippen molar-refractivity contribution in [1.29, 1.82) is 0 Å². The zero-order chi connectivity index (χ0) is 11.8. The van der Waals surface area contributed by atoms with Gasteiger partial charge in [0.25, 0.3) is 0 Å². The molecule has 1 atom stereocenters. The molecule has 1 aromatic carbocycles. The van der Waals surface area contributed by atoms with Crippen LogP contribution in [0.25, 0.3) is 0 Å². The summed E-state index contributed by atoms with van der Waals surface area (Å²) in [6.45, 7) is 2.30. The van der Waals surface area contributed by atoms with Gasteiger partial charge in [0.15, 0.2) is 0 Å². The first-order valence-corrected chi connectivity index (χ1v) is 6.06. The lowest BCUT2D eigenvalue weighted by Gasteiger charge is -2.25. The van der Waals surface area contributed by atoms with Crippen LogP contribution >= 0.6 is 11.6 Å². The largest absolute Gasteiger partial charge is 0.371 e. The van der Waals surface area contributed by atoms with E-state index in [4.69, 9.17) is 16.3 Å². The lowest BCUT2D eigenvalue weighted by Crippen LogP contribution is -2.33. The topological polar surface area (TPSA) is 50.4 Å². The van der Waals surface area contributed by atoms with Gasteiger partial charge in [0.1, 0.15) is 0 Å². The highest BCUT2D eigenvalue weighted by atomic mass is 35.5. The van der Waals surface area contributed by atoms with Crippen LogP contribution in [0.1, 0.15) is 17.2 Å². The highest BCUT2D eigenvalue weighted by Crippen LogP contribution is 2.36. The summed E-state index contributed by atoms with van der Waals surface area (Å²) in [6.07, 6.45) is 0.373. The van der Waals surface area contributed by atoms with Gasteiger partial charge in [-0.1, -0.05) is 11.6 Å². The molecule has 3 rings (SSSR count). The van der Waals surface area contributed by atoms with Gasteiger partial charge in [0.2, 0.25) is 5.91 Å². The number of amides is 1. The fourth-order valence-electron chi connectivity index (χ4n) is 2.35. The van der Waals surface area contributed by atoms with E-state index in [0.717, 1.165) is 29.9 Å². The Morgan fingerprint density at radius 3 is 3.06 bits per heavy atom. The Balaban J connectivity index is 2.01. The van der Waals surface area contributed by atoms with E-state index in [1.807, 2.05) is 12.1 Å². The molecule has 1 saturated heterocycles. The van der Waals surface area contributed by atoms with Crippen molar-refractivity contribution < 1.29 is 9.53 Å². The van der Waals surface area contributed by atoms with Gasteiger partial charge in [-0.2, -0.15) is 0 Å². The Morgan fingerprint density at radius 2 is 2.29 bits per heavy atom. The minimum absolute atomic E-state index is 0.0206. The number of ether oxygens (including phenoxy) is 1. The minimum atomic E-state index is -0.0328. The van der Waals surface area contributed by atoms with Gasteiger partial charge in [0, 0.05) is 23.7 Å². The molecule has 1 aromatic rings. The standard InChI is InChI=1S/C12H13ClN2O2/c13-8-3-7-4-11(16)15-12(7)9(5-8)10-6-14-1-2-17-10/h3,5,10,14H,1-2,4,6H2,(H,15,16). The number of hydrogen-bond acceptors (Lipinski definition) is 3. The average molecular weight is 253 g/mol. The lowest BCUT2D eigenvalue weighted by atomic mass is 10.0. The Labute approximate surface area is 104 Å². The van der Waals surface area contributed by atoms with Crippen LogP contribution in [0, 0.1) is 0 Å². The molecule has 0 aliphatic carbocycles. The van der Waals surface area contributed by atoms with Crippen molar-refractivity contribution in [1.82, 2.24) is 5.32 Å². The van der Waals surface area contributed by atoms with Crippen LogP contribution in [-0.4, -0.2) is 25.6 Å². The molecule has 4 nitrogen and oxygen atoms in total. The monoisotopic (exact) mass is 252 g/mol. The molecular formula is C12H13ClN2O2. The summed E-state index contributed by atoms with van der Waals surface area (Å²) in [5.74, 6) is 0.0206. The Bertz CT molecular complexity index is 470.